The molecule has 0 aromatic carbocycles. The highest BCUT2D eigenvalue weighted by molar-refractivity contribution is 5.54. The summed E-state index contributed by atoms with van der Waals surface area (Å²) in [5.74, 6) is 0.415. The van der Waals surface area contributed by atoms with Crippen LogP contribution in [0.5, 0.6) is 0 Å². The van der Waals surface area contributed by atoms with Crippen LogP contribution in [0.2, 0.25) is 0 Å². The van der Waals surface area contributed by atoms with E-state index >= 15 is 0 Å². The molecule has 0 bridgehead atoms. The van der Waals surface area contributed by atoms with Gasteiger partial charge in [0.1, 0.15) is 23.1 Å². The zero-order valence-electron chi connectivity index (χ0n) is 16.7. The number of alkyl halides is 3. The zero-order chi connectivity index (χ0) is 21.9. The van der Waals surface area contributed by atoms with E-state index < -0.39 is 18.0 Å². The molecule has 1 saturated carbocycles. The van der Waals surface area contributed by atoms with Crippen molar-refractivity contribution in [2.45, 2.75) is 58.0 Å². The molecule has 2 atom stereocenters. The molecule has 3 N–H and O–H groups in total. The molecule has 0 aliphatic heterocycles. The Morgan fingerprint density at radius 3 is 2.73 bits per heavy atom. The van der Waals surface area contributed by atoms with Gasteiger partial charge in [0.25, 0.3) is 0 Å². The molecule has 7 nitrogen and oxygen atoms in total. The van der Waals surface area contributed by atoms with Gasteiger partial charge < -0.3 is 15.7 Å². The van der Waals surface area contributed by atoms with Crippen LogP contribution in [-0.4, -0.2) is 32.2 Å². The number of nitrogens with one attached hydrogen (secondary N) is 2. The first-order chi connectivity index (χ1) is 14.1. The minimum atomic E-state index is -4.56. The van der Waals surface area contributed by atoms with Gasteiger partial charge in [-0.1, -0.05) is 19.9 Å². The van der Waals surface area contributed by atoms with Crippen molar-refractivity contribution in [1.29, 1.82) is 5.26 Å². The van der Waals surface area contributed by atoms with Crippen LogP contribution in [0.3, 0.4) is 0 Å². The number of pyridine rings is 1. The number of rotatable bonds is 5. The lowest BCUT2D eigenvalue weighted by Crippen LogP contribution is -2.41. The molecule has 0 saturated heterocycles. The third kappa shape index (κ3) is 4.97. The quantitative estimate of drug-likeness (QED) is 0.677. The molecule has 10 heteroatoms. The van der Waals surface area contributed by atoms with Crippen molar-refractivity contribution in [3.63, 3.8) is 0 Å². The number of nitriles is 1. The molecule has 2 aromatic rings. The fraction of sp³-hybridized carbons (Fsp3) is 0.500. The standard InChI is InChI=1S/C20H23F3N6O/c1-19(2)8-14(5-6-15(19)30)28-17-13(9-24)11-27-18(29-17)26-10-12-4-3-7-25-16(12)20(21,22)23/h3-4,7,11,14-15,30H,5-6,8,10H2,1-2H3,(H2,26,27,28,29)/t14?,15-/m0/s1. The molecule has 2 heterocycles. The average Bonchev–Trinajstić information content (AvgIpc) is 2.68. The Bertz CT molecular complexity index is 941. The summed E-state index contributed by atoms with van der Waals surface area (Å²) in [5, 5.41) is 25.5. The molecule has 0 amide bonds. The number of anilines is 2. The highest BCUT2D eigenvalue weighted by Gasteiger charge is 2.36. The van der Waals surface area contributed by atoms with E-state index in [2.05, 4.69) is 25.6 Å². The first-order valence-corrected chi connectivity index (χ1v) is 9.57. The summed E-state index contributed by atoms with van der Waals surface area (Å²) in [5.41, 5.74) is -1.03. The van der Waals surface area contributed by atoms with Gasteiger partial charge in [-0.25, -0.2) is 4.98 Å². The van der Waals surface area contributed by atoms with Gasteiger partial charge in [0.2, 0.25) is 5.95 Å². The fourth-order valence-electron chi connectivity index (χ4n) is 3.61. The van der Waals surface area contributed by atoms with Crippen LogP contribution in [-0.2, 0) is 12.7 Å². The van der Waals surface area contributed by atoms with Crippen LogP contribution >= 0.6 is 0 Å². The molecule has 1 unspecified atom stereocenters. The summed E-state index contributed by atoms with van der Waals surface area (Å²) in [4.78, 5) is 11.7. The fourth-order valence-corrected chi connectivity index (χ4v) is 3.61. The van der Waals surface area contributed by atoms with Crippen LogP contribution in [0, 0.1) is 16.7 Å². The van der Waals surface area contributed by atoms with Gasteiger partial charge in [0, 0.05) is 24.3 Å². The second-order valence-electron chi connectivity index (χ2n) is 8.06. The van der Waals surface area contributed by atoms with Crippen LogP contribution in [0.25, 0.3) is 0 Å². The van der Waals surface area contributed by atoms with Crippen molar-refractivity contribution >= 4 is 11.8 Å². The van der Waals surface area contributed by atoms with Crippen LogP contribution < -0.4 is 10.6 Å². The molecule has 3 rings (SSSR count). The summed E-state index contributed by atoms with van der Waals surface area (Å²) in [6.45, 7) is 3.79. The third-order valence-electron chi connectivity index (χ3n) is 5.31. The van der Waals surface area contributed by atoms with Crippen LogP contribution in [0.1, 0.15) is 49.9 Å². The summed E-state index contributed by atoms with van der Waals surface area (Å²) in [6.07, 6.45) is -0.498. The number of hydrogen-bond acceptors (Lipinski definition) is 7. The number of aliphatic hydroxyl groups excluding tert-OH is 1. The minimum absolute atomic E-state index is 0.00778. The lowest BCUT2D eigenvalue weighted by Gasteiger charge is -2.40. The maximum atomic E-state index is 13.1. The Kier molecular flexibility index (Phi) is 6.12. The summed E-state index contributed by atoms with van der Waals surface area (Å²) >= 11 is 0. The maximum Gasteiger partial charge on any atom is 0.433 e. The molecule has 1 fully saturated rings. The van der Waals surface area contributed by atoms with E-state index in [1.807, 2.05) is 19.9 Å². The highest BCUT2D eigenvalue weighted by Crippen LogP contribution is 2.37. The number of aromatic nitrogens is 3. The van der Waals surface area contributed by atoms with Gasteiger partial charge in [0.15, 0.2) is 0 Å². The monoisotopic (exact) mass is 420 g/mol. The molecule has 30 heavy (non-hydrogen) atoms. The maximum absolute atomic E-state index is 13.1. The van der Waals surface area contributed by atoms with Gasteiger partial charge in [-0.15, -0.1) is 0 Å². The molecule has 0 radical (unpaired) electrons. The van der Waals surface area contributed by atoms with E-state index in [1.165, 1.54) is 18.3 Å². The lowest BCUT2D eigenvalue weighted by molar-refractivity contribution is -0.141. The first kappa shape index (κ1) is 21.8. The number of hydrogen-bond donors (Lipinski definition) is 3. The highest BCUT2D eigenvalue weighted by atomic mass is 19.4. The molecule has 2 aromatic heterocycles. The van der Waals surface area contributed by atoms with Gasteiger partial charge >= 0.3 is 6.18 Å². The van der Waals surface area contributed by atoms with Gasteiger partial charge in [-0.05, 0) is 30.7 Å². The Hall–Kier alpha value is -2.93. The molecule has 1 aliphatic carbocycles. The molecule has 0 spiro atoms. The third-order valence-corrected chi connectivity index (χ3v) is 5.31. The van der Waals surface area contributed by atoms with Crippen molar-refractivity contribution in [3.8, 4) is 6.07 Å². The summed E-state index contributed by atoms with van der Waals surface area (Å²) < 4.78 is 39.3. The van der Waals surface area contributed by atoms with E-state index in [9.17, 15) is 23.5 Å². The van der Waals surface area contributed by atoms with E-state index in [0.29, 0.717) is 25.1 Å². The Labute approximate surface area is 172 Å². The van der Waals surface area contributed by atoms with E-state index in [-0.39, 0.29) is 35.1 Å². The second-order valence-corrected chi connectivity index (χ2v) is 8.06. The number of nitrogens with zero attached hydrogens (tertiary/aromatic N) is 4. The van der Waals surface area contributed by atoms with Gasteiger partial charge in [-0.2, -0.15) is 23.4 Å². The van der Waals surface area contributed by atoms with Crippen LogP contribution in [0.15, 0.2) is 24.5 Å². The summed E-state index contributed by atoms with van der Waals surface area (Å²) in [7, 11) is 0. The topological polar surface area (TPSA) is 107 Å². The molecular formula is C20H23F3N6O. The van der Waals surface area contributed by atoms with Crippen molar-refractivity contribution in [1.82, 2.24) is 15.0 Å². The SMILES string of the molecule is CC1(C)CC(Nc2nc(NCc3cccnc3C(F)(F)F)ncc2C#N)CC[C@@H]1O. The van der Waals surface area contributed by atoms with E-state index in [1.54, 1.807) is 0 Å². The van der Waals surface area contributed by atoms with Crippen molar-refractivity contribution < 1.29 is 18.3 Å². The number of aliphatic hydroxyl groups is 1. The minimum Gasteiger partial charge on any atom is -0.393 e. The first-order valence-electron chi connectivity index (χ1n) is 9.57. The zero-order valence-corrected chi connectivity index (χ0v) is 16.7. The van der Waals surface area contributed by atoms with Crippen LogP contribution in [0.4, 0.5) is 24.9 Å². The Morgan fingerprint density at radius 2 is 2.07 bits per heavy atom. The Balaban J connectivity index is 1.75. The Morgan fingerprint density at radius 1 is 1.30 bits per heavy atom. The average molecular weight is 420 g/mol. The largest absolute Gasteiger partial charge is 0.433 e. The van der Waals surface area contributed by atoms with Gasteiger partial charge in [-0.3, -0.25) is 4.98 Å². The van der Waals surface area contributed by atoms with E-state index in [4.69, 9.17) is 0 Å². The smallest absolute Gasteiger partial charge is 0.393 e. The lowest BCUT2D eigenvalue weighted by atomic mass is 9.73. The van der Waals surface area contributed by atoms with E-state index in [0.717, 1.165) is 6.20 Å². The van der Waals surface area contributed by atoms with Crippen molar-refractivity contribution in [2.75, 3.05) is 10.6 Å². The predicted molar refractivity (Wildman–Crippen MR) is 104 cm³/mol. The second kappa shape index (κ2) is 8.44. The molecule has 160 valence electrons. The summed E-state index contributed by atoms with van der Waals surface area (Å²) in [6, 6.07) is 4.79. The molecular weight excluding hydrogens is 397 g/mol. The normalized spacial score (nSPS) is 21.0. The van der Waals surface area contributed by atoms with Gasteiger partial charge in [0.05, 0.1) is 12.3 Å². The number of halogens is 3. The van der Waals surface area contributed by atoms with Crippen molar-refractivity contribution in [3.05, 3.63) is 41.3 Å². The predicted octanol–water partition coefficient (Wildman–Crippen LogP) is 3.73. The van der Waals surface area contributed by atoms with Crippen molar-refractivity contribution in [2.24, 2.45) is 5.41 Å². The molecule has 1 aliphatic rings.